The van der Waals surface area contributed by atoms with Crippen LogP contribution in [0.15, 0.2) is 36.4 Å². The second-order valence-corrected chi connectivity index (χ2v) is 7.40. The summed E-state index contributed by atoms with van der Waals surface area (Å²) in [5.41, 5.74) is 1.64. The number of nitrogens with zero attached hydrogens (tertiary/aromatic N) is 1. The smallest absolute Gasteiger partial charge is 0.167 e. The van der Waals surface area contributed by atoms with Crippen LogP contribution in [-0.2, 0) is 6.54 Å². The van der Waals surface area contributed by atoms with E-state index in [0.29, 0.717) is 29.4 Å². The third-order valence-electron chi connectivity index (χ3n) is 5.18. The predicted molar refractivity (Wildman–Crippen MR) is 110 cm³/mol. The number of halogens is 1. The van der Waals surface area contributed by atoms with Crippen molar-refractivity contribution in [3.8, 4) is 17.2 Å². The van der Waals surface area contributed by atoms with Crippen molar-refractivity contribution in [1.29, 1.82) is 0 Å². The molecule has 0 spiro atoms. The Labute approximate surface area is 171 Å². The lowest BCUT2D eigenvalue weighted by atomic mass is 9.89. The van der Waals surface area contributed by atoms with E-state index in [2.05, 4.69) is 4.90 Å². The molecule has 0 saturated carbocycles. The zero-order valence-electron chi connectivity index (χ0n) is 16.5. The van der Waals surface area contributed by atoms with Crippen molar-refractivity contribution in [3.63, 3.8) is 0 Å². The van der Waals surface area contributed by atoms with Crippen LogP contribution < -0.4 is 14.2 Å². The van der Waals surface area contributed by atoms with Gasteiger partial charge in [-0.1, -0.05) is 23.7 Å². The Hall–Kier alpha value is -2.24. The number of methoxy groups -OCH3 is 3. The standard InChI is InChI=1S/C22H26ClNO4/c1-26-18-11-20(27-2)19(21(12-18)28-3)14-24-9-5-7-16(13-24)22(25)15-6-4-8-17(23)10-15/h4,6,8,10-12,16H,5,7,9,13-14H2,1-3H3/t16-/m1/s1. The third kappa shape index (κ3) is 4.59. The van der Waals surface area contributed by atoms with Crippen LogP contribution in [0.1, 0.15) is 28.8 Å². The van der Waals surface area contributed by atoms with Gasteiger partial charge in [0.15, 0.2) is 5.78 Å². The Kier molecular flexibility index (Phi) is 6.81. The Morgan fingerprint density at radius 1 is 1.11 bits per heavy atom. The number of ketones is 1. The first-order valence-electron chi connectivity index (χ1n) is 9.36. The lowest BCUT2D eigenvalue weighted by Gasteiger charge is -2.32. The van der Waals surface area contributed by atoms with E-state index in [-0.39, 0.29) is 11.7 Å². The molecule has 0 amide bonds. The first-order chi connectivity index (χ1) is 13.5. The number of hydrogen-bond donors (Lipinski definition) is 0. The Balaban J connectivity index is 1.77. The largest absolute Gasteiger partial charge is 0.496 e. The molecule has 1 heterocycles. The first-order valence-corrected chi connectivity index (χ1v) is 9.74. The van der Waals surface area contributed by atoms with E-state index in [0.717, 1.165) is 36.4 Å². The first kappa shape index (κ1) is 20.5. The molecule has 0 unspecified atom stereocenters. The van der Waals surface area contributed by atoms with E-state index in [1.807, 2.05) is 24.3 Å². The van der Waals surface area contributed by atoms with Crippen LogP contribution in [-0.4, -0.2) is 45.1 Å². The van der Waals surface area contributed by atoms with Crippen molar-refractivity contribution in [2.45, 2.75) is 19.4 Å². The van der Waals surface area contributed by atoms with E-state index in [1.165, 1.54) is 0 Å². The van der Waals surface area contributed by atoms with E-state index in [4.69, 9.17) is 25.8 Å². The van der Waals surface area contributed by atoms with E-state index >= 15 is 0 Å². The zero-order chi connectivity index (χ0) is 20.1. The molecule has 1 saturated heterocycles. The van der Waals surface area contributed by atoms with E-state index < -0.39 is 0 Å². The maximum absolute atomic E-state index is 12.9. The summed E-state index contributed by atoms with van der Waals surface area (Å²) in [5.74, 6) is 2.24. The van der Waals surface area contributed by atoms with Crippen molar-refractivity contribution in [1.82, 2.24) is 4.90 Å². The summed E-state index contributed by atoms with van der Waals surface area (Å²) < 4.78 is 16.4. The lowest BCUT2D eigenvalue weighted by molar-refractivity contribution is 0.0810. The molecule has 1 aliphatic rings. The van der Waals surface area contributed by atoms with Gasteiger partial charge in [-0.2, -0.15) is 0 Å². The number of carbonyl (C=O) groups is 1. The van der Waals surface area contributed by atoms with Gasteiger partial charge < -0.3 is 14.2 Å². The molecule has 6 heteroatoms. The second-order valence-electron chi connectivity index (χ2n) is 6.96. The van der Waals surface area contributed by atoms with Gasteiger partial charge in [0.05, 0.1) is 26.9 Å². The summed E-state index contributed by atoms with van der Waals surface area (Å²) in [4.78, 5) is 15.2. The Bertz CT molecular complexity index is 814. The van der Waals surface area contributed by atoms with Gasteiger partial charge in [-0.3, -0.25) is 9.69 Å². The monoisotopic (exact) mass is 403 g/mol. The molecule has 0 bridgehead atoms. The topological polar surface area (TPSA) is 48.0 Å². The number of piperidine rings is 1. The summed E-state index contributed by atoms with van der Waals surface area (Å²) in [6.45, 7) is 2.27. The summed E-state index contributed by atoms with van der Waals surface area (Å²) in [7, 11) is 4.89. The molecule has 0 aliphatic carbocycles. The molecule has 1 fully saturated rings. The minimum atomic E-state index is -0.0394. The molecule has 5 nitrogen and oxygen atoms in total. The number of rotatable bonds is 7. The molecule has 3 rings (SSSR count). The average molecular weight is 404 g/mol. The fraction of sp³-hybridized carbons (Fsp3) is 0.409. The highest BCUT2D eigenvalue weighted by atomic mass is 35.5. The molecule has 150 valence electrons. The zero-order valence-corrected chi connectivity index (χ0v) is 17.3. The highest BCUT2D eigenvalue weighted by molar-refractivity contribution is 6.31. The SMILES string of the molecule is COc1cc(OC)c(CN2CCC[C@@H](C(=O)c3cccc(Cl)c3)C2)c(OC)c1. The molecule has 1 atom stereocenters. The van der Waals surface area contributed by atoms with E-state index in [9.17, 15) is 4.79 Å². The summed E-state index contributed by atoms with van der Waals surface area (Å²) in [5, 5.41) is 0.589. The van der Waals surface area contributed by atoms with Gasteiger partial charge in [-0.25, -0.2) is 0 Å². The normalized spacial score (nSPS) is 17.2. The van der Waals surface area contributed by atoms with Crippen LogP contribution in [0.2, 0.25) is 5.02 Å². The fourth-order valence-corrected chi connectivity index (χ4v) is 3.94. The molecule has 0 N–H and O–H groups in total. The quantitative estimate of drug-likeness (QED) is 0.639. The molecular formula is C22H26ClNO4. The number of Topliss-reactive ketones (excluding diaryl/α,β-unsaturated/α-hetero) is 1. The average Bonchev–Trinajstić information content (AvgIpc) is 2.73. The molecule has 2 aromatic carbocycles. The van der Waals surface area contributed by atoms with E-state index in [1.54, 1.807) is 33.5 Å². The Morgan fingerprint density at radius 2 is 1.82 bits per heavy atom. The van der Waals surface area contributed by atoms with Crippen LogP contribution in [0.4, 0.5) is 0 Å². The van der Waals surface area contributed by atoms with Gasteiger partial charge in [-0.05, 0) is 31.5 Å². The molecule has 2 aromatic rings. The molecule has 1 aliphatic heterocycles. The molecular weight excluding hydrogens is 378 g/mol. The fourth-order valence-electron chi connectivity index (χ4n) is 3.75. The van der Waals surface area contributed by atoms with Crippen molar-refractivity contribution in [3.05, 3.63) is 52.5 Å². The summed E-state index contributed by atoms with van der Waals surface area (Å²) >= 11 is 6.05. The molecule has 28 heavy (non-hydrogen) atoms. The number of carbonyl (C=O) groups excluding carboxylic acids is 1. The summed E-state index contributed by atoms with van der Waals surface area (Å²) in [6, 6.07) is 10.9. The van der Waals surface area contributed by atoms with Crippen LogP contribution in [0.3, 0.4) is 0 Å². The van der Waals surface area contributed by atoms with Gasteiger partial charge in [-0.15, -0.1) is 0 Å². The van der Waals surface area contributed by atoms with Gasteiger partial charge in [0, 0.05) is 41.7 Å². The van der Waals surface area contributed by atoms with Crippen LogP contribution in [0.5, 0.6) is 17.2 Å². The third-order valence-corrected chi connectivity index (χ3v) is 5.42. The molecule has 0 aromatic heterocycles. The number of ether oxygens (including phenoxy) is 3. The highest BCUT2D eigenvalue weighted by Crippen LogP contribution is 2.36. The number of likely N-dealkylation sites (tertiary alicyclic amines) is 1. The summed E-state index contributed by atoms with van der Waals surface area (Å²) in [6.07, 6.45) is 1.86. The van der Waals surface area contributed by atoms with Crippen molar-refractivity contribution in [2.75, 3.05) is 34.4 Å². The highest BCUT2D eigenvalue weighted by Gasteiger charge is 2.28. The Morgan fingerprint density at radius 3 is 2.43 bits per heavy atom. The second kappa shape index (κ2) is 9.30. The number of hydrogen-bond acceptors (Lipinski definition) is 5. The molecule has 0 radical (unpaired) electrons. The van der Waals surface area contributed by atoms with Gasteiger partial charge in [0.25, 0.3) is 0 Å². The van der Waals surface area contributed by atoms with Gasteiger partial charge in [0.1, 0.15) is 17.2 Å². The van der Waals surface area contributed by atoms with Gasteiger partial charge >= 0.3 is 0 Å². The van der Waals surface area contributed by atoms with Crippen LogP contribution >= 0.6 is 11.6 Å². The minimum absolute atomic E-state index is 0.0394. The van der Waals surface area contributed by atoms with Crippen molar-refractivity contribution in [2.24, 2.45) is 5.92 Å². The maximum Gasteiger partial charge on any atom is 0.167 e. The maximum atomic E-state index is 12.9. The van der Waals surface area contributed by atoms with Crippen LogP contribution in [0, 0.1) is 5.92 Å². The van der Waals surface area contributed by atoms with Crippen LogP contribution in [0.25, 0.3) is 0 Å². The van der Waals surface area contributed by atoms with Crippen molar-refractivity contribution < 1.29 is 19.0 Å². The lowest BCUT2D eigenvalue weighted by Crippen LogP contribution is -2.38. The van der Waals surface area contributed by atoms with Crippen molar-refractivity contribution >= 4 is 17.4 Å². The minimum Gasteiger partial charge on any atom is -0.496 e. The number of benzene rings is 2. The predicted octanol–water partition coefficient (Wildman–Crippen LogP) is 4.46. The van der Waals surface area contributed by atoms with Gasteiger partial charge in [0.2, 0.25) is 0 Å².